The van der Waals surface area contributed by atoms with Crippen molar-refractivity contribution in [3.8, 4) is 0 Å². The van der Waals surface area contributed by atoms with E-state index in [-0.39, 0.29) is 30.2 Å². The molecule has 0 radical (unpaired) electrons. The molecule has 11 nitrogen and oxygen atoms in total. The number of H-pyrrole nitrogens is 1. The first-order valence-corrected chi connectivity index (χ1v) is 12.3. The van der Waals surface area contributed by atoms with Crippen molar-refractivity contribution in [1.29, 1.82) is 0 Å². The van der Waals surface area contributed by atoms with Crippen LogP contribution in [0.4, 0.5) is 0 Å². The summed E-state index contributed by atoms with van der Waals surface area (Å²) in [6.45, 7) is 7.03. The second-order valence-corrected chi connectivity index (χ2v) is 10.2. The molecule has 1 aromatic rings. The molecule has 2 heterocycles. The van der Waals surface area contributed by atoms with Gasteiger partial charge >= 0.3 is 5.69 Å². The third kappa shape index (κ3) is 6.63. The van der Waals surface area contributed by atoms with Crippen molar-refractivity contribution in [2.45, 2.75) is 83.2 Å². The van der Waals surface area contributed by atoms with Crippen molar-refractivity contribution in [3.05, 3.63) is 37.6 Å². The maximum absolute atomic E-state index is 13.1. The maximum atomic E-state index is 13.1. The van der Waals surface area contributed by atoms with E-state index in [9.17, 15) is 39.6 Å². The lowest BCUT2D eigenvalue weighted by atomic mass is 9.81. The number of aliphatic hydroxyl groups is 4. The molecule has 0 aliphatic carbocycles. The van der Waals surface area contributed by atoms with Crippen LogP contribution in [-0.4, -0.2) is 71.6 Å². The summed E-state index contributed by atoms with van der Waals surface area (Å²) >= 11 is 3.04. The number of halogens is 1. The van der Waals surface area contributed by atoms with Gasteiger partial charge in [-0.1, -0.05) is 43.6 Å². The third-order valence-electron chi connectivity index (χ3n) is 5.83. The molecule has 12 heteroatoms. The SMILES string of the molecule is CC(C)CC(O)C(=O)C(O)[C@H]1O[C@@H](n2cc(/C=C/Br)c(=O)[nH]c2=O)C[C@@]1(O)C(=O)C(O)CC(C)C. The first-order valence-electron chi connectivity index (χ1n) is 11.3. The largest absolute Gasteiger partial charge is 0.385 e. The topological polar surface area (TPSA) is 179 Å². The molecule has 0 bridgehead atoms. The molecule has 1 aliphatic heterocycles. The number of hydrogen-bond donors (Lipinski definition) is 5. The Morgan fingerprint density at radius 3 is 2.29 bits per heavy atom. The number of nitrogens with one attached hydrogen (secondary N) is 1. The van der Waals surface area contributed by atoms with Crippen LogP contribution in [0.15, 0.2) is 20.8 Å². The predicted molar refractivity (Wildman–Crippen MR) is 130 cm³/mol. The zero-order chi connectivity index (χ0) is 26.7. The summed E-state index contributed by atoms with van der Waals surface area (Å²) in [7, 11) is 0. The highest BCUT2D eigenvalue weighted by Gasteiger charge is 2.59. The average molecular weight is 561 g/mol. The van der Waals surface area contributed by atoms with Crippen LogP contribution in [0.25, 0.3) is 6.08 Å². The standard InChI is InChI=1S/C23H33BrN2O9/c1-11(2)7-14(27)17(29)18(30)20-23(34,19(31)15(28)8-12(3)4)9-16(35-20)26-10-13(5-6-24)21(32)25-22(26)33/h5-6,10-12,14-16,18,20,27-28,30,34H,7-9H2,1-4H3,(H,25,32,33)/b6-5+/t14?,15?,16-,18?,20-,23-/m1/s1. The molecule has 196 valence electrons. The molecular weight excluding hydrogens is 528 g/mol. The van der Waals surface area contributed by atoms with Gasteiger partial charge in [0.05, 0.1) is 5.56 Å². The number of ether oxygens (including phenoxy) is 1. The van der Waals surface area contributed by atoms with Crippen molar-refractivity contribution in [3.63, 3.8) is 0 Å². The van der Waals surface area contributed by atoms with Crippen LogP contribution >= 0.6 is 15.9 Å². The number of aromatic amines is 1. The smallest absolute Gasteiger partial charge is 0.330 e. The Balaban J connectivity index is 2.52. The number of carbonyl (C=O) groups excluding carboxylic acids is 2. The molecule has 0 aromatic carbocycles. The summed E-state index contributed by atoms with van der Waals surface area (Å²) in [6.07, 6.45) is -6.69. The monoisotopic (exact) mass is 560 g/mol. The fraction of sp³-hybridized carbons (Fsp3) is 0.652. The van der Waals surface area contributed by atoms with E-state index in [4.69, 9.17) is 4.74 Å². The lowest BCUT2D eigenvalue weighted by molar-refractivity contribution is -0.169. The zero-order valence-corrected chi connectivity index (χ0v) is 21.6. The highest BCUT2D eigenvalue weighted by atomic mass is 79.9. The average Bonchev–Trinajstić information content (AvgIpc) is 3.11. The van der Waals surface area contributed by atoms with Crippen molar-refractivity contribution >= 4 is 33.6 Å². The van der Waals surface area contributed by atoms with E-state index in [1.807, 2.05) is 0 Å². The van der Waals surface area contributed by atoms with Gasteiger partial charge in [-0.25, -0.2) is 4.79 Å². The molecule has 2 rings (SSSR count). The summed E-state index contributed by atoms with van der Waals surface area (Å²) in [5.74, 6) is -2.35. The van der Waals surface area contributed by atoms with E-state index in [1.165, 1.54) is 11.1 Å². The minimum Gasteiger partial charge on any atom is -0.385 e. The quantitative estimate of drug-likeness (QED) is 0.253. The number of rotatable bonds is 11. The summed E-state index contributed by atoms with van der Waals surface area (Å²) in [5, 5.41) is 42.8. The molecule has 3 unspecified atom stereocenters. The van der Waals surface area contributed by atoms with Crippen LogP contribution in [0, 0.1) is 11.8 Å². The maximum Gasteiger partial charge on any atom is 0.330 e. The van der Waals surface area contributed by atoms with Crippen LogP contribution < -0.4 is 11.2 Å². The van der Waals surface area contributed by atoms with Crippen molar-refractivity contribution in [2.75, 3.05) is 0 Å². The molecule has 1 aromatic heterocycles. The molecule has 1 saturated heterocycles. The Hall–Kier alpha value is -1.96. The van der Waals surface area contributed by atoms with Gasteiger partial charge in [0.2, 0.25) is 0 Å². The number of carbonyl (C=O) groups is 2. The van der Waals surface area contributed by atoms with E-state index in [0.717, 1.165) is 10.8 Å². The van der Waals surface area contributed by atoms with Crippen LogP contribution in [0.1, 0.15) is 58.7 Å². The zero-order valence-electron chi connectivity index (χ0n) is 20.1. The van der Waals surface area contributed by atoms with Gasteiger partial charge in [0.25, 0.3) is 5.56 Å². The lowest BCUT2D eigenvalue weighted by Crippen LogP contribution is -2.58. The Kier molecular flexibility index (Phi) is 9.91. The Bertz CT molecular complexity index is 1060. The number of Topliss-reactive ketones (excluding diaryl/α,β-unsaturated/α-hetero) is 2. The molecule has 0 amide bonds. The van der Waals surface area contributed by atoms with E-state index in [1.54, 1.807) is 27.7 Å². The van der Waals surface area contributed by atoms with Gasteiger partial charge in [-0.15, -0.1) is 0 Å². The number of nitrogens with zero attached hydrogens (tertiary/aromatic N) is 1. The molecule has 6 atom stereocenters. The molecule has 35 heavy (non-hydrogen) atoms. The summed E-state index contributed by atoms with van der Waals surface area (Å²) in [4.78, 5) is 53.9. The van der Waals surface area contributed by atoms with Gasteiger partial charge in [-0.3, -0.25) is 23.9 Å². The molecular formula is C23H33BrN2O9. The number of aromatic nitrogens is 2. The molecule has 5 N–H and O–H groups in total. The highest BCUT2D eigenvalue weighted by molar-refractivity contribution is 9.11. The number of ketones is 2. The Morgan fingerprint density at radius 1 is 1.17 bits per heavy atom. The Morgan fingerprint density at radius 2 is 1.74 bits per heavy atom. The summed E-state index contributed by atoms with van der Waals surface area (Å²) in [5.41, 5.74) is -4.12. The van der Waals surface area contributed by atoms with Gasteiger partial charge < -0.3 is 25.2 Å². The van der Waals surface area contributed by atoms with E-state index in [0.29, 0.717) is 0 Å². The minimum atomic E-state index is -2.56. The van der Waals surface area contributed by atoms with Crippen LogP contribution in [0.5, 0.6) is 0 Å². The van der Waals surface area contributed by atoms with Gasteiger partial charge in [-0.05, 0) is 35.7 Å². The first kappa shape index (κ1) is 29.3. The second kappa shape index (κ2) is 11.8. The fourth-order valence-electron chi connectivity index (χ4n) is 4.11. The second-order valence-electron chi connectivity index (χ2n) is 9.69. The van der Waals surface area contributed by atoms with E-state index < -0.39 is 65.5 Å². The van der Waals surface area contributed by atoms with E-state index in [2.05, 4.69) is 20.9 Å². The summed E-state index contributed by atoms with van der Waals surface area (Å²) in [6, 6.07) is 0. The van der Waals surface area contributed by atoms with E-state index >= 15 is 0 Å². The molecule has 1 aliphatic rings. The van der Waals surface area contributed by atoms with Crippen LogP contribution in [0.3, 0.4) is 0 Å². The number of aliphatic hydroxyl groups excluding tert-OH is 3. The van der Waals surface area contributed by atoms with Crippen LogP contribution in [-0.2, 0) is 14.3 Å². The van der Waals surface area contributed by atoms with Gasteiger partial charge in [0.1, 0.15) is 30.6 Å². The van der Waals surface area contributed by atoms with Crippen molar-refractivity contribution in [1.82, 2.24) is 9.55 Å². The van der Waals surface area contributed by atoms with Gasteiger partial charge in [-0.2, -0.15) is 0 Å². The first-order chi connectivity index (χ1) is 16.2. The molecule has 0 spiro atoms. The van der Waals surface area contributed by atoms with Crippen LogP contribution in [0.2, 0.25) is 0 Å². The normalized spacial score (nSPS) is 25.3. The minimum absolute atomic E-state index is 0.00263. The van der Waals surface area contributed by atoms with Gasteiger partial charge in [0, 0.05) is 12.6 Å². The summed E-state index contributed by atoms with van der Waals surface area (Å²) < 4.78 is 6.59. The lowest BCUT2D eigenvalue weighted by Gasteiger charge is -2.32. The predicted octanol–water partition coefficient (Wildman–Crippen LogP) is 0.234. The molecule has 1 fully saturated rings. The van der Waals surface area contributed by atoms with Crippen molar-refractivity contribution < 1.29 is 34.8 Å². The number of hydrogen-bond acceptors (Lipinski definition) is 9. The van der Waals surface area contributed by atoms with Crippen molar-refractivity contribution in [2.24, 2.45) is 11.8 Å². The third-order valence-corrected chi connectivity index (χ3v) is 6.10. The Labute approximate surface area is 210 Å². The highest BCUT2D eigenvalue weighted by Crippen LogP contribution is 2.40. The molecule has 0 saturated carbocycles. The fourth-order valence-corrected chi connectivity index (χ4v) is 4.39. The van der Waals surface area contributed by atoms with Gasteiger partial charge in [0.15, 0.2) is 17.2 Å².